The normalized spacial score (nSPS) is 45.3. The summed E-state index contributed by atoms with van der Waals surface area (Å²) in [6, 6.07) is 0. The first kappa shape index (κ1) is 18.7. The van der Waals surface area contributed by atoms with Crippen molar-refractivity contribution >= 4 is 0 Å². The van der Waals surface area contributed by atoms with Crippen LogP contribution in [0.15, 0.2) is 48.1 Å². The van der Waals surface area contributed by atoms with Gasteiger partial charge in [0.1, 0.15) is 0 Å². The van der Waals surface area contributed by atoms with Gasteiger partial charge in [-0.3, -0.25) is 0 Å². The Morgan fingerprint density at radius 2 is 1.68 bits per heavy atom. The van der Waals surface area contributed by atoms with E-state index < -0.39 is 0 Å². The molecule has 1 nitrogen and oxygen atoms in total. The lowest BCUT2D eigenvalue weighted by atomic mass is 9.63. The van der Waals surface area contributed by atoms with Crippen LogP contribution in [0.5, 0.6) is 0 Å². The van der Waals surface area contributed by atoms with Gasteiger partial charge in [0.05, 0.1) is 0 Å². The van der Waals surface area contributed by atoms with Crippen molar-refractivity contribution in [3.63, 3.8) is 0 Å². The van der Waals surface area contributed by atoms with E-state index in [1.165, 1.54) is 50.5 Å². The van der Waals surface area contributed by atoms with Crippen LogP contribution in [0.25, 0.3) is 0 Å². The Bertz CT molecular complexity index is 538. The van der Waals surface area contributed by atoms with Crippen molar-refractivity contribution in [2.24, 2.45) is 41.2 Å². The van der Waals surface area contributed by atoms with Gasteiger partial charge in [0.2, 0.25) is 0 Å². The van der Waals surface area contributed by atoms with E-state index in [0.717, 1.165) is 30.2 Å². The average molecular weight is 340 g/mol. The summed E-state index contributed by atoms with van der Waals surface area (Å²) >= 11 is 0. The van der Waals surface area contributed by atoms with E-state index in [2.05, 4.69) is 56.4 Å². The van der Waals surface area contributed by atoms with E-state index in [4.69, 9.17) is 5.73 Å². The fourth-order valence-electron chi connectivity index (χ4n) is 5.67. The molecule has 2 fully saturated rings. The molecular formula is C24H37N. The molecule has 2 saturated carbocycles. The van der Waals surface area contributed by atoms with E-state index in [1.54, 1.807) is 0 Å². The van der Waals surface area contributed by atoms with Gasteiger partial charge in [-0.1, -0.05) is 82.1 Å². The highest BCUT2D eigenvalue weighted by Gasteiger charge is 2.38. The molecule has 3 rings (SSSR count). The van der Waals surface area contributed by atoms with Crippen LogP contribution >= 0.6 is 0 Å². The van der Waals surface area contributed by atoms with Gasteiger partial charge in [-0.15, -0.1) is 0 Å². The molecule has 0 heterocycles. The van der Waals surface area contributed by atoms with Crippen LogP contribution in [0.3, 0.4) is 0 Å². The number of fused-ring (bicyclic) bond motifs is 1. The fraction of sp³-hybridized carbons (Fsp3) is 0.667. The van der Waals surface area contributed by atoms with Crippen molar-refractivity contribution in [2.45, 2.75) is 58.8 Å². The predicted octanol–water partition coefficient (Wildman–Crippen LogP) is 6.05. The molecule has 0 spiro atoms. The number of hydrogen-bond acceptors (Lipinski definition) is 1. The number of rotatable bonds is 2. The van der Waals surface area contributed by atoms with Crippen molar-refractivity contribution in [1.29, 1.82) is 0 Å². The van der Waals surface area contributed by atoms with Gasteiger partial charge in [-0.2, -0.15) is 0 Å². The Morgan fingerprint density at radius 3 is 2.52 bits per heavy atom. The molecule has 25 heavy (non-hydrogen) atoms. The molecule has 3 aliphatic rings. The summed E-state index contributed by atoms with van der Waals surface area (Å²) < 4.78 is 0. The molecular weight excluding hydrogens is 302 g/mol. The molecule has 6 atom stereocenters. The van der Waals surface area contributed by atoms with Crippen molar-refractivity contribution in [1.82, 2.24) is 0 Å². The van der Waals surface area contributed by atoms with Crippen LogP contribution in [0.4, 0.5) is 0 Å². The molecule has 1 heteroatoms. The average Bonchev–Trinajstić information content (AvgIpc) is 2.80. The fourth-order valence-corrected chi connectivity index (χ4v) is 5.67. The van der Waals surface area contributed by atoms with Gasteiger partial charge in [0.15, 0.2) is 0 Å². The molecule has 0 aromatic heterocycles. The third kappa shape index (κ3) is 4.56. The van der Waals surface area contributed by atoms with Crippen LogP contribution < -0.4 is 5.73 Å². The summed E-state index contributed by atoms with van der Waals surface area (Å²) in [5.74, 6) is 4.64. The third-order valence-corrected chi connectivity index (χ3v) is 7.34. The van der Waals surface area contributed by atoms with Crippen LogP contribution in [-0.4, -0.2) is 6.54 Å². The number of nitrogens with two attached hydrogens (primary N) is 1. The highest BCUT2D eigenvalue weighted by Crippen LogP contribution is 2.47. The molecule has 0 saturated heterocycles. The molecule has 138 valence electrons. The topological polar surface area (TPSA) is 26.0 Å². The monoisotopic (exact) mass is 339 g/mol. The van der Waals surface area contributed by atoms with E-state index in [1.807, 2.05) is 0 Å². The van der Waals surface area contributed by atoms with Gasteiger partial charge < -0.3 is 5.73 Å². The largest absolute Gasteiger partial charge is 0.330 e. The molecule has 0 aromatic rings. The van der Waals surface area contributed by atoms with Crippen molar-refractivity contribution in [2.75, 3.05) is 6.54 Å². The van der Waals surface area contributed by atoms with Gasteiger partial charge in [-0.05, 0) is 66.9 Å². The quantitative estimate of drug-likeness (QED) is 0.651. The lowest BCUT2D eigenvalue weighted by Gasteiger charge is -2.42. The second-order valence-electron chi connectivity index (χ2n) is 8.77. The zero-order chi connectivity index (χ0) is 17.6. The minimum absolute atomic E-state index is 0.639. The smallest absolute Gasteiger partial charge is 0.00459 e. The van der Waals surface area contributed by atoms with E-state index in [9.17, 15) is 0 Å². The maximum absolute atomic E-state index is 6.35. The minimum atomic E-state index is 0.639. The molecule has 2 N–H and O–H groups in total. The highest BCUT2D eigenvalue weighted by molar-refractivity contribution is 5.33. The summed E-state index contributed by atoms with van der Waals surface area (Å²) in [5, 5.41) is 0. The molecule has 0 radical (unpaired) electrons. The Morgan fingerprint density at radius 1 is 0.920 bits per heavy atom. The second-order valence-corrected chi connectivity index (χ2v) is 8.77. The summed E-state index contributed by atoms with van der Waals surface area (Å²) in [5.41, 5.74) is 7.85. The van der Waals surface area contributed by atoms with Gasteiger partial charge in [0, 0.05) is 0 Å². The van der Waals surface area contributed by atoms with E-state index in [0.29, 0.717) is 11.8 Å². The minimum Gasteiger partial charge on any atom is -0.330 e. The van der Waals surface area contributed by atoms with Crippen molar-refractivity contribution in [3.8, 4) is 0 Å². The Kier molecular flexibility index (Phi) is 6.76. The Labute approximate surface area is 155 Å². The summed E-state index contributed by atoms with van der Waals surface area (Å²) in [4.78, 5) is 0. The number of allylic oxidation sites excluding steroid dienone is 8. The van der Waals surface area contributed by atoms with Crippen molar-refractivity contribution in [3.05, 3.63) is 48.1 Å². The first-order valence-electron chi connectivity index (χ1n) is 10.6. The lowest BCUT2D eigenvalue weighted by molar-refractivity contribution is 0.0996. The van der Waals surface area contributed by atoms with Gasteiger partial charge in [-0.25, -0.2) is 0 Å². The standard InChI is InChI=1S/C24H37N/c1-18-15-21-13-9-6-10-14-23(21)22(17-25)16-24(19(18)2)20-11-7-4-3-5-8-12-20/h3-5,7-8,11-12,18-19,21-24H,6,9-10,13-17,25H2,1-2H3/b4-3-,5-3?,7-4?,8-5-,11-7-,12-8?,20-11?,20-12+/t18?,19?,21?,22-,23?,24?/m0/s1. The number of hydrogen-bond donors (Lipinski definition) is 1. The first-order chi connectivity index (χ1) is 12.2. The SMILES string of the molecule is CC1CC2CCCCCC2[C@H](CN)CC(C2=C/C=C\C=C/C=C\2)C1C. The molecule has 0 aromatic carbocycles. The summed E-state index contributed by atoms with van der Waals surface area (Å²) in [6.45, 7) is 5.86. The van der Waals surface area contributed by atoms with Gasteiger partial charge >= 0.3 is 0 Å². The second kappa shape index (κ2) is 9.03. The maximum Gasteiger partial charge on any atom is -0.00459 e. The summed E-state index contributed by atoms with van der Waals surface area (Å²) in [7, 11) is 0. The predicted molar refractivity (Wildman–Crippen MR) is 109 cm³/mol. The molecule has 3 aliphatic carbocycles. The van der Waals surface area contributed by atoms with Crippen LogP contribution in [-0.2, 0) is 0 Å². The zero-order valence-electron chi connectivity index (χ0n) is 16.2. The molecule has 0 aliphatic heterocycles. The summed E-state index contributed by atoms with van der Waals surface area (Å²) in [6.07, 6.45) is 25.3. The van der Waals surface area contributed by atoms with Crippen LogP contribution in [0, 0.1) is 35.5 Å². The third-order valence-electron chi connectivity index (χ3n) is 7.34. The van der Waals surface area contributed by atoms with Crippen LogP contribution in [0.2, 0.25) is 0 Å². The van der Waals surface area contributed by atoms with Crippen molar-refractivity contribution < 1.29 is 0 Å². The van der Waals surface area contributed by atoms with Crippen LogP contribution in [0.1, 0.15) is 58.8 Å². The molecule has 0 bridgehead atoms. The van der Waals surface area contributed by atoms with Gasteiger partial charge in [0.25, 0.3) is 0 Å². The highest BCUT2D eigenvalue weighted by atomic mass is 14.6. The first-order valence-corrected chi connectivity index (χ1v) is 10.6. The maximum atomic E-state index is 6.35. The Hall–Kier alpha value is -1.08. The van der Waals surface area contributed by atoms with E-state index >= 15 is 0 Å². The lowest BCUT2D eigenvalue weighted by Crippen LogP contribution is -2.37. The van der Waals surface area contributed by atoms with E-state index in [-0.39, 0.29) is 0 Å². The Balaban J connectivity index is 1.88. The molecule has 5 unspecified atom stereocenters. The zero-order valence-corrected chi connectivity index (χ0v) is 16.2. The molecule has 0 amide bonds.